The summed E-state index contributed by atoms with van der Waals surface area (Å²) < 4.78 is -28.4. The van der Waals surface area contributed by atoms with Gasteiger partial charge in [0.15, 0.2) is 59.1 Å². The summed E-state index contributed by atoms with van der Waals surface area (Å²) in [5, 5.41) is 213. The minimum absolute atomic E-state index is 0.361. The number of nitrogens with one attached hydrogen (secondary N) is 8. The number of guanidine groups is 4. The maximum absolute atomic E-state index is 13.5. The highest BCUT2D eigenvalue weighted by Crippen LogP contribution is 2.64. The largest absolute Gasteiger partial charge is 0.715 e. The number of hydrogen-bond donors (Lipinski definition) is 8. The Morgan fingerprint density at radius 1 is 0.274 bits per heavy atom. The van der Waals surface area contributed by atoms with E-state index in [2.05, 4.69) is 20.0 Å². The van der Waals surface area contributed by atoms with E-state index in [9.17, 15) is 162 Å². The van der Waals surface area contributed by atoms with Gasteiger partial charge in [0.2, 0.25) is 0 Å². The van der Waals surface area contributed by atoms with Crippen molar-refractivity contribution in [3.63, 3.8) is 0 Å². The summed E-state index contributed by atoms with van der Waals surface area (Å²) in [6.45, 7) is 0. The molecule has 0 amide bonds. The molecule has 4 atom stereocenters. The zero-order valence-corrected chi connectivity index (χ0v) is 33.7. The maximum atomic E-state index is 13.5. The van der Waals surface area contributed by atoms with E-state index in [-0.39, 0.29) is 0 Å². The number of aliphatic imine (C=N–C) groups is 4. The van der Waals surface area contributed by atoms with E-state index in [1.807, 2.05) is 0 Å². The van der Waals surface area contributed by atoms with Gasteiger partial charge in [0.25, 0.3) is 18.1 Å². The molecule has 4 aliphatic heterocycles. The topological polar surface area (TPSA) is 836 Å². The van der Waals surface area contributed by atoms with Crippen LogP contribution in [-0.2, 0) is 0 Å². The van der Waals surface area contributed by atoms with Crippen LogP contribution in [0.2, 0.25) is 0 Å². The molecule has 61 heteroatoms. The third-order valence-corrected chi connectivity index (χ3v) is 18.5. The zero-order chi connectivity index (χ0) is 56.5. The van der Waals surface area contributed by atoms with Gasteiger partial charge in [-0.15, -0.1) is 20.0 Å². The summed E-state index contributed by atoms with van der Waals surface area (Å²) in [7, 11) is 0. The fourth-order valence-electron chi connectivity index (χ4n) is 8.74. The van der Waals surface area contributed by atoms with Gasteiger partial charge in [0, 0.05) is 0 Å². The SMILES string of the molecule is O=[N+]([O-])C1=N[C](C([N+](=O)[O-])([N+](=O)[O-])[N+](=O)[O-])([Al-]([C]2(C([N+](=O)[O-])([N+](=O)[O-])[N+](=O)[O-])N=C([N+](=O)[O-])NN2)([C]2(C([N+](=O)[O-])([N+](=O)[O-])[N+](=O)[O-])N=C([N+](=O)[O-])NN2)[C]2(C([N+](=O)[O-])([N+](=O)[O-])[N+](=O)[O-])N=C([N+](=O)[O-])NN2)NN1. The lowest BCUT2D eigenvalue weighted by Gasteiger charge is -2.51. The molecule has 0 saturated carbocycles. The normalized spacial score (nSPS) is 24.3. The third-order valence-electron chi connectivity index (χ3n) is 10.9. The van der Waals surface area contributed by atoms with Crippen LogP contribution in [-0.4, -0.2) is 157 Å². The van der Waals surface area contributed by atoms with Crippen LogP contribution in [0.25, 0.3) is 0 Å². The predicted molar refractivity (Wildman–Crippen MR) is 194 cm³/mol. The molecular formula is C12H8AlN28O32-. The van der Waals surface area contributed by atoms with Gasteiger partial charge in [-0.1, -0.05) is 0 Å². The van der Waals surface area contributed by atoms with E-state index in [1.165, 1.54) is 0 Å². The van der Waals surface area contributed by atoms with Crippen molar-refractivity contribution in [1.29, 1.82) is 0 Å². The van der Waals surface area contributed by atoms with Crippen LogP contribution in [0.1, 0.15) is 0 Å². The first-order valence-electron chi connectivity index (χ1n) is 16.4. The quantitative estimate of drug-likeness (QED) is 0.0243. The molecule has 4 rings (SSSR count). The first-order chi connectivity index (χ1) is 33.4. The Balaban J connectivity index is 3.25. The smallest absolute Gasteiger partial charge is 0.390 e. The van der Waals surface area contributed by atoms with Crippen molar-refractivity contribution < 1.29 is 78.8 Å². The molecule has 4 aliphatic rings. The van der Waals surface area contributed by atoms with E-state index < -0.39 is 157 Å². The molecule has 73 heavy (non-hydrogen) atoms. The molecule has 0 bridgehead atoms. The number of nitrogens with zero attached hydrogens (tertiary/aromatic N) is 20. The fraction of sp³-hybridized carbons (Fsp3) is 0.667. The van der Waals surface area contributed by atoms with Crippen molar-refractivity contribution >= 4 is 36.9 Å². The zero-order valence-electron chi connectivity index (χ0n) is 32.6. The van der Waals surface area contributed by atoms with Crippen LogP contribution in [0.4, 0.5) is 0 Å². The molecule has 0 saturated heterocycles. The van der Waals surface area contributed by atoms with Crippen LogP contribution in [0.5, 0.6) is 0 Å². The number of hydrogen-bond acceptors (Lipinski definition) is 44. The summed E-state index contributed by atoms with van der Waals surface area (Å²) in [6, 6.07) is 0. The Hall–Kier alpha value is -11.3. The van der Waals surface area contributed by atoms with Gasteiger partial charge in [-0.2, -0.15) is 43.4 Å². The van der Waals surface area contributed by atoms with Crippen molar-refractivity contribution in [1.82, 2.24) is 43.4 Å². The van der Waals surface area contributed by atoms with Crippen LogP contribution in [0.15, 0.2) is 20.0 Å². The second-order valence-electron chi connectivity index (χ2n) is 13.3. The first-order valence-corrected chi connectivity index (χ1v) is 18.7. The minimum atomic E-state index is -11.9. The van der Waals surface area contributed by atoms with Gasteiger partial charge in [-0.25, -0.2) is 0 Å². The summed E-state index contributed by atoms with van der Waals surface area (Å²) >= 11 is -11.9. The lowest BCUT2D eigenvalue weighted by atomic mass is 10.2. The fourth-order valence-corrected chi connectivity index (χ4v) is 18.4. The molecule has 8 N–H and O–H groups in total. The van der Waals surface area contributed by atoms with Crippen LogP contribution >= 0.6 is 0 Å². The van der Waals surface area contributed by atoms with Crippen LogP contribution in [0.3, 0.4) is 0 Å². The van der Waals surface area contributed by atoms with Gasteiger partial charge < -0.3 is 40.5 Å². The van der Waals surface area contributed by atoms with Crippen molar-refractivity contribution in [3.8, 4) is 0 Å². The van der Waals surface area contributed by atoms with Crippen molar-refractivity contribution in [3.05, 3.63) is 162 Å². The van der Waals surface area contributed by atoms with E-state index in [0.717, 1.165) is 0 Å². The Labute approximate surface area is 382 Å². The highest BCUT2D eigenvalue weighted by Gasteiger charge is 3.25. The van der Waals surface area contributed by atoms with Gasteiger partial charge in [0.05, 0.1) is 0 Å². The molecule has 0 spiro atoms. The Bertz CT molecular complexity index is 2370. The lowest BCUT2D eigenvalue weighted by molar-refractivity contribution is -0.987. The van der Waals surface area contributed by atoms with Gasteiger partial charge in [-0.05, 0) is 19.7 Å². The summed E-state index contributed by atoms with van der Waals surface area (Å²) in [5.41, 5.74) is 3.73. The molecule has 0 radical (unpaired) electrons. The molecule has 4 unspecified atom stereocenters. The van der Waals surface area contributed by atoms with Crippen LogP contribution in [0, 0.1) is 162 Å². The molecule has 0 aromatic rings. The van der Waals surface area contributed by atoms with Crippen molar-refractivity contribution in [2.75, 3.05) is 0 Å². The minimum Gasteiger partial charge on any atom is -0.390 e. The van der Waals surface area contributed by atoms with Crippen molar-refractivity contribution in [2.24, 2.45) is 20.0 Å². The van der Waals surface area contributed by atoms with E-state index in [1.54, 1.807) is 0 Å². The van der Waals surface area contributed by atoms with E-state index in [0.29, 0.717) is 43.4 Å². The molecule has 4 heterocycles. The van der Waals surface area contributed by atoms with Crippen molar-refractivity contribution in [2.45, 2.75) is 41.2 Å². The van der Waals surface area contributed by atoms with Crippen LogP contribution < -0.4 is 43.4 Å². The van der Waals surface area contributed by atoms with Gasteiger partial charge in [-0.3, -0.25) is 121 Å². The summed E-state index contributed by atoms with van der Waals surface area (Å²) in [5.74, 6) is -41.5. The van der Waals surface area contributed by atoms with Gasteiger partial charge >= 0.3 is 60.1 Å². The standard InChI is InChI=1S/4C3H2N7O8.Al/c4*11-7(12)2-4-1(5-6-2)3(8(13)14,9(15)16)10(17)18;/h4*5H,(H,4,6);/q;;;;-1. The molecule has 0 aromatic carbocycles. The van der Waals surface area contributed by atoms with Gasteiger partial charge in [0.1, 0.15) is 0 Å². The Kier molecular flexibility index (Phi) is 12.2. The summed E-state index contributed by atoms with van der Waals surface area (Å²) in [4.78, 5) is 171. The first kappa shape index (κ1) is 54.3. The maximum Gasteiger partial charge on any atom is 0.715 e. The summed E-state index contributed by atoms with van der Waals surface area (Å²) in [6.07, 6.45) is 0. The molecule has 60 nitrogen and oxygen atoms in total. The monoisotopic (exact) mass is 1080 g/mol. The predicted octanol–water partition coefficient (Wildman–Crippen LogP) is -10.7. The average Bonchev–Trinajstić information content (AvgIpc) is 4.05. The number of hydrazine groups is 4. The Morgan fingerprint density at radius 3 is 0.479 bits per heavy atom. The third kappa shape index (κ3) is 5.62. The van der Waals surface area contributed by atoms with E-state index >= 15 is 0 Å². The molecular weight excluding hydrogens is 1080 g/mol. The van der Waals surface area contributed by atoms with E-state index in [4.69, 9.17) is 0 Å². The highest BCUT2D eigenvalue weighted by atomic mass is 27.2. The second-order valence-corrected chi connectivity index (χ2v) is 18.4. The number of nitro groups is 16. The Morgan fingerprint density at radius 2 is 0.397 bits per heavy atom. The highest BCUT2D eigenvalue weighted by molar-refractivity contribution is 6.92. The molecule has 0 aromatic heterocycles. The molecule has 392 valence electrons. The molecule has 0 fully saturated rings. The number of rotatable bonds is 20. The average molecular weight is 1080 g/mol. The second kappa shape index (κ2) is 16.4. The molecule has 0 aliphatic carbocycles. The lowest BCUT2D eigenvalue weighted by Crippen LogP contribution is -3.11.